The van der Waals surface area contributed by atoms with Crippen LogP contribution in [0.2, 0.25) is 0 Å². The molecule has 0 atom stereocenters. The first-order valence-corrected chi connectivity index (χ1v) is 9.02. The van der Waals surface area contributed by atoms with E-state index in [1.807, 2.05) is 42.5 Å². The molecule has 0 radical (unpaired) electrons. The van der Waals surface area contributed by atoms with Gasteiger partial charge in [0.1, 0.15) is 0 Å². The second kappa shape index (κ2) is 9.42. The van der Waals surface area contributed by atoms with Gasteiger partial charge in [0, 0.05) is 6.42 Å². The maximum Gasteiger partial charge on any atom is 0.336 e. The number of carboxylic acid groups (broad SMARTS) is 1. The molecule has 0 aromatic heterocycles. The van der Waals surface area contributed by atoms with Crippen molar-refractivity contribution in [2.45, 2.75) is 6.42 Å². The van der Waals surface area contributed by atoms with E-state index in [0.717, 1.165) is 12.0 Å². The fraction of sp³-hybridized carbons (Fsp3) is 0.125. The summed E-state index contributed by atoms with van der Waals surface area (Å²) in [4.78, 5) is 11.7. The molecule has 4 nitrogen and oxygen atoms in total. The van der Waals surface area contributed by atoms with Gasteiger partial charge < -0.3 is 14.6 Å². The van der Waals surface area contributed by atoms with Crippen LogP contribution in [0, 0.1) is 0 Å². The van der Waals surface area contributed by atoms with Crippen LogP contribution in [-0.4, -0.2) is 24.8 Å². The molecule has 0 spiro atoms. The number of carbonyl (C=O) groups is 1. The van der Waals surface area contributed by atoms with E-state index in [0.29, 0.717) is 23.7 Å². The molecule has 0 bridgehead atoms. The Morgan fingerprint density at radius 3 is 2.25 bits per heavy atom. The number of carboxylic acids is 1. The van der Waals surface area contributed by atoms with Crippen molar-refractivity contribution in [3.05, 3.63) is 95.6 Å². The molecular formula is C24H22O4. The third-order valence-electron chi connectivity index (χ3n) is 4.31. The Morgan fingerprint density at radius 1 is 0.929 bits per heavy atom. The summed E-state index contributed by atoms with van der Waals surface area (Å²) in [5, 5.41) is 9.60. The molecule has 0 saturated carbocycles. The summed E-state index contributed by atoms with van der Waals surface area (Å²) in [5.74, 6) is 0.223. The van der Waals surface area contributed by atoms with Crippen molar-refractivity contribution in [2.24, 2.45) is 0 Å². The normalized spacial score (nSPS) is 11.1. The van der Waals surface area contributed by atoms with Crippen LogP contribution in [-0.2, 0) is 11.2 Å². The molecule has 0 fully saturated rings. The molecule has 28 heavy (non-hydrogen) atoms. The molecule has 3 rings (SSSR count). The first kappa shape index (κ1) is 19.2. The lowest BCUT2D eigenvalue weighted by Crippen LogP contribution is -2.03. The summed E-state index contributed by atoms with van der Waals surface area (Å²) in [6, 6.07) is 24.5. The third kappa shape index (κ3) is 5.01. The molecule has 0 aliphatic carbocycles. The van der Waals surface area contributed by atoms with Crippen LogP contribution in [0.3, 0.4) is 0 Å². The van der Waals surface area contributed by atoms with Crippen molar-refractivity contribution in [1.29, 1.82) is 0 Å². The van der Waals surface area contributed by atoms with E-state index in [4.69, 9.17) is 9.47 Å². The molecule has 0 unspecified atom stereocenters. The Kier molecular flexibility index (Phi) is 6.47. The predicted octanol–water partition coefficient (Wildman–Crippen LogP) is 4.94. The Balaban J connectivity index is 1.82. The molecule has 0 aliphatic heterocycles. The minimum Gasteiger partial charge on any atom is -0.493 e. The highest BCUT2D eigenvalue weighted by molar-refractivity contribution is 6.20. The highest BCUT2D eigenvalue weighted by Gasteiger charge is 2.11. The number of hydrogen-bond donors (Lipinski definition) is 1. The van der Waals surface area contributed by atoms with Gasteiger partial charge in [-0.15, -0.1) is 0 Å². The second-order valence-corrected chi connectivity index (χ2v) is 6.22. The van der Waals surface area contributed by atoms with Gasteiger partial charge in [-0.2, -0.15) is 0 Å². The average molecular weight is 374 g/mol. The second-order valence-electron chi connectivity index (χ2n) is 6.22. The van der Waals surface area contributed by atoms with Crippen molar-refractivity contribution >= 4 is 17.6 Å². The summed E-state index contributed by atoms with van der Waals surface area (Å²) in [5.41, 5.74) is 2.80. The molecule has 3 aromatic rings. The first-order chi connectivity index (χ1) is 13.7. The highest BCUT2D eigenvalue weighted by atomic mass is 16.5. The van der Waals surface area contributed by atoms with Crippen LogP contribution in [0.5, 0.6) is 11.5 Å². The van der Waals surface area contributed by atoms with Crippen LogP contribution >= 0.6 is 0 Å². The minimum absolute atomic E-state index is 0.223. The van der Waals surface area contributed by atoms with Gasteiger partial charge in [0.2, 0.25) is 0 Å². The summed E-state index contributed by atoms with van der Waals surface area (Å²) in [6.07, 6.45) is 2.41. The van der Waals surface area contributed by atoms with Gasteiger partial charge in [-0.3, -0.25) is 0 Å². The summed E-state index contributed by atoms with van der Waals surface area (Å²) < 4.78 is 11.3. The van der Waals surface area contributed by atoms with Crippen molar-refractivity contribution in [3.8, 4) is 11.5 Å². The standard InChI is InChI=1S/C24H22O4/c1-27-22-13-12-19(16-21(24(25)26)20-10-6-3-7-11-20)17-23(22)28-15-14-18-8-4-2-5-9-18/h2-13,16-17H,14-15H2,1H3,(H,25,26)/b21-16-. The largest absolute Gasteiger partial charge is 0.493 e. The third-order valence-corrected chi connectivity index (χ3v) is 4.31. The highest BCUT2D eigenvalue weighted by Crippen LogP contribution is 2.30. The predicted molar refractivity (Wildman–Crippen MR) is 111 cm³/mol. The van der Waals surface area contributed by atoms with E-state index in [1.165, 1.54) is 5.56 Å². The van der Waals surface area contributed by atoms with Gasteiger partial charge >= 0.3 is 5.97 Å². The van der Waals surface area contributed by atoms with E-state index in [2.05, 4.69) is 12.1 Å². The molecule has 0 amide bonds. The zero-order chi connectivity index (χ0) is 19.8. The SMILES string of the molecule is COc1ccc(/C=C(\C(=O)O)c2ccccc2)cc1OCCc1ccccc1. The molecule has 4 heteroatoms. The zero-order valence-electron chi connectivity index (χ0n) is 15.7. The van der Waals surface area contributed by atoms with Crippen molar-refractivity contribution in [2.75, 3.05) is 13.7 Å². The fourth-order valence-corrected chi connectivity index (χ4v) is 2.87. The monoisotopic (exact) mass is 374 g/mol. The van der Waals surface area contributed by atoms with Crippen LogP contribution in [0.25, 0.3) is 11.6 Å². The smallest absolute Gasteiger partial charge is 0.336 e. The number of hydrogen-bond acceptors (Lipinski definition) is 3. The van der Waals surface area contributed by atoms with Gasteiger partial charge in [0.25, 0.3) is 0 Å². The Hall–Kier alpha value is -3.53. The van der Waals surface area contributed by atoms with Crippen molar-refractivity contribution in [1.82, 2.24) is 0 Å². The number of benzene rings is 3. The van der Waals surface area contributed by atoms with Gasteiger partial charge in [0.05, 0.1) is 19.3 Å². The number of rotatable bonds is 8. The minimum atomic E-state index is -0.978. The molecule has 0 saturated heterocycles. The fourth-order valence-electron chi connectivity index (χ4n) is 2.87. The maximum absolute atomic E-state index is 11.7. The quantitative estimate of drug-likeness (QED) is 0.448. The van der Waals surface area contributed by atoms with Gasteiger partial charge in [-0.05, 0) is 34.9 Å². The van der Waals surface area contributed by atoms with Gasteiger partial charge in [-0.1, -0.05) is 66.7 Å². The maximum atomic E-state index is 11.7. The number of methoxy groups -OCH3 is 1. The van der Waals surface area contributed by atoms with E-state index in [9.17, 15) is 9.90 Å². The molecule has 1 N–H and O–H groups in total. The van der Waals surface area contributed by atoms with Crippen molar-refractivity contribution < 1.29 is 19.4 Å². The summed E-state index contributed by atoms with van der Waals surface area (Å²) in [6.45, 7) is 0.498. The van der Waals surface area contributed by atoms with Crippen molar-refractivity contribution in [3.63, 3.8) is 0 Å². The van der Waals surface area contributed by atoms with Crippen LogP contribution in [0.4, 0.5) is 0 Å². The van der Waals surface area contributed by atoms with E-state index in [-0.39, 0.29) is 5.57 Å². The number of ether oxygens (including phenoxy) is 2. The van der Waals surface area contributed by atoms with Gasteiger partial charge in [-0.25, -0.2) is 4.79 Å². The average Bonchev–Trinajstić information content (AvgIpc) is 2.73. The Morgan fingerprint density at radius 2 is 1.61 bits per heavy atom. The Bertz CT molecular complexity index is 947. The molecule has 0 aliphatic rings. The topological polar surface area (TPSA) is 55.8 Å². The lowest BCUT2D eigenvalue weighted by Gasteiger charge is -2.12. The zero-order valence-corrected chi connectivity index (χ0v) is 15.7. The first-order valence-electron chi connectivity index (χ1n) is 9.02. The Labute approximate surface area is 164 Å². The molecule has 0 heterocycles. The summed E-state index contributed by atoms with van der Waals surface area (Å²) in [7, 11) is 1.58. The van der Waals surface area contributed by atoms with Crippen LogP contribution in [0.15, 0.2) is 78.9 Å². The molecule has 3 aromatic carbocycles. The van der Waals surface area contributed by atoms with Gasteiger partial charge in [0.15, 0.2) is 11.5 Å². The molecule has 142 valence electrons. The lowest BCUT2D eigenvalue weighted by molar-refractivity contribution is -0.130. The van der Waals surface area contributed by atoms with Crippen LogP contribution < -0.4 is 9.47 Å². The van der Waals surface area contributed by atoms with E-state index in [1.54, 1.807) is 37.5 Å². The number of aliphatic carboxylic acids is 1. The van der Waals surface area contributed by atoms with Crippen LogP contribution in [0.1, 0.15) is 16.7 Å². The molecular weight excluding hydrogens is 352 g/mol. The summed E-state index contributed by atoms with van der Waals surface area (Å²) >= 11 is 0. The van der Waals surface area contributed by atoms with E-state index >= 15 is 0 Å². The van der Waals surface area contributed by atoms with E-state index < -0.39 is 5.97 Å². The lowest BCUT2D eigenvalue weighted by atomic mass is 10.0.